The molecule has 4 rings (SSSR count). The number of aldehydes is 1. The highest BCUT2D eigenvalue weighted by Gasteiger charge is 2.47. The molecule has 1 aromatic carbocycles. The zero-order chi connectivity index (χ0) is 9.99. The van der Waals surface area contributed by atoms with Gasteiger partial charge < -0.3 is 4.57 Å². The van der Waals surface area contributed by atoms with E-state index in [-0.39, 0.29) is 0 Å². The third kappa shape index (κ3) is 0.788. The van der Waals surface area contributed by atoms with Crippen molar-refractivity contribution in [3.8, 4) is 0 Å². The molecule has 2 aromatic rings. The number of aromatic nitrogens is 1. The van der Waals surface area contributed by atoms with Crippen LogP contribution in [0, 0.1) is 5.92 Å². The number of nitrogens with zero attached hydrogens (tertiary/aromatic N) is 1. The molecule has 0 bridgehead atoms. The lowest BCUT2D eigenvalue weighted by molar-refractivity contribution is 0.112. The number of carbonyl (C=O) groups is 1. The van der Waals surface area contributed by atoms with Crippen LogP contribution in [0.3, 0.4) is 0 Å². The molecular formula is C13H11NO. The van der Waals surface area contributed by atoms with Crippen LogP contribution in [0.1, 0.15) is 28.4 Å². The fourth-order valence-electron chi connectivity index (χ4n) is 3.09. The molecule has 2 nitrogen and oxygen atoms in total. The van der Waals surface area contributed by atoms with E-state index in [4.69, 9.17) is 0 Å². The van der Waals surface area contributed by atoms with Crippen molar-refractivity contribution in [3.05, 3.63) is 35.5 Å². The summed E-state index contributed by atoms with van der Waals surface area (Å²) in [6.07, 6.45) is 2.33. The van der Waals surface area contributed by atoms with Crippen molar-refractivity contribution in [2.24, 2.45) is 5.92 Å². The number of hydrogen-bond acceptors (Lipinski definition) is 1. The molecule has 74 valence electrons. The zero-order valence-corrected chi connectivity index (χ0v) is 8.31. The second-order valence-electron chi connectivity index (χ2n) is 4.65. The van der Waals surface area contributed by atoms with E-state index in [2.05, 4.69) is 16.7 Å². The van der Waals surface area contributed by atoms with Crippen LogP contribution < -0.4 is 0 Å². The molecule has 2 heteroatoms. The quantitative estimate of drug-likeness (QED) is 0.644. The second-order valence-corrected chi connectivity index (χ2v) is 4.65. The lowest BCUT2D eigenvalue weighted by atomic mass is 10.1. The first-order valence-corrected chi connectivity index (χ1v) is 5.46. The fraction of sp³-hybridized carbons (Fsp3) is 0.308. The fourth-order valence-corrected chi connectivity index (χ4v) is 3.09. The van der Waals surface area contributed by atoms with Crippen LogP contribution in [-0.2, 0) is 6.54 Å². The van der Waals surface area contributed by atoms with E-state index < -0.39 is 0 Å². The van der Waals surface area contributed by atoms with Gasteiger partial charge in [-0.1, -0.05) is 18.2 Å². The van der Waals surface area contributed by atoms with Crippen molar-refractivity contribution in [1.29, 1.82) is 0 Å². The number of fused-ring (bicyclic) bond motifs is 5. The Morgan fingerprint density at radius 1 is 1.33 bits per heavy atom. The van der Waals surface area contributed by atoms with Gasteiger partial charge >= 0.3 is 0 Å². The zero-order valence-electron chi connectivity index (χ0n) is 8.31. The average molecular weight is 197 g/mol. The highest BCUT2D eigenvalue weighted by molar-refractivity contribution is 6.00. The first-order chi connectivity index (χ1) is 7.40. The molecule has 0 radical (unpaired) electrons. The molecule has 1 saturated carbocycles. The van der Waals surface area contributed by atoms with Gasteiger partial charge in [0.1, 0.15) is 0 Å². The third-order valence-corrected chi connectivity index (χ3v) is 3.86. The molecule has 0 N–H and O–H groups in total. The Balaban J connectivity index is 2.18. The predicted molar refractivity (Wildman–Crippen MR) is 58.2 cm³/mol. The SMILES string of the molecule is O=Cc1c2n(c3ccccc13)CC1CC21. The van der Waals surface area contributed by atoms with E-state index >= 15 is 0 Å². The van der Waals surface area contributed by atoms with Gasteiger partial charge in [-0.3, -0.25) is 4.79 Å². The number of para-hydroxylation sites is 1. The van der Waals surface area contributed by atoms with Gasteiger partial charge in [0, 0.05) is 34.6 Å². The van der Waals surface area contributed by atoms with Gasteiger partial charge in [-0.15, -0.1) is 0 Å². The Hall–Kier alpha value is -1.57. The minimum absolute atomic E-state index is 0.678. The number of benzene rings is 1. The first kappa shape index (κ1) is 7.69. The average Bonchev–Trinajstić information content (AvgIpc) is 2.82. The summed E-state index contributed by atoms with van der Waals surface area (Å²) in [6, 6.07) is 8.24. The van der Waals surface area contributed by atoms with Crippen LogP contribution in [0.5, 0.6) is 0 Å². The third-order valence-electron chi connectivity index (χ3n) is 3.86. The molecule has 2 unspecified atom stereocenters. The highest BCUT2D eigenvalue weighted by atomic mass is 16.1. The Morgan fingerprint density at radius 2 is 2.20 bits per heavy atom. The Bertz CT molecular complexity index is 581. The maximum Gasteiger partial charge on any atom is 0.152 e. The van der Waals surface area contributed by atoms with Crippen molar-refractivity contribution in [2.45, 2.75) is 18.9 Å². The van der Waals surface area contributed by atoms with E-state index in [9.17, 15) is 4.79 Å². The summed E-state index contributed by atoms with van der Waals surface area (Å²) < 4.78 is 2.35. The van der Waals surface area contributed by atoms with Crippen LogP contribution in [0.25, 0.3) is 10.9 Å². The summed E-state index contributed by atoms with van der Waals surface area (Å²) in [6.45, 7) is 1.12. The number of rotatable bonds is 1. The van der Waals surface area contributed by atoms with Crippen LogP contribution in [0.4, 0.5) is 0 Å². The minimum atomic E-state index is 0.678. The number of carbonyl (C=O) groups excluding carboxylic acids is 1. The van der Waals surface area contributed by atoms with Gasteiger partial charge in [-0.2, -0.15) is 0 Å². The largest absolute Gasteiger partial charge is 0.343 e. The number of hydrogen-bond donors (Lipinski definition) is 0. The molecule has 0 saturated heterocycles. The summed E-state index contributed by atoms with van der Waals surface area (Å²) in [5, 5.41) is 1.13. The normalized spacial score (nSPS) is 26.4. The summed E-state index contributed by atoms with van der Waals surface area (Å²) >= 11 is 0. The summed E-state index contributed by atoms with van der Waals surface area (Å²) in [7, 11) is 0. The summed E-state index contributed by atoms with van der Waals surface area (Å²) in [5.41, 5.74) is 3.48. The molecule has 0 spiro atoms. The van der Waals surface area contributed by atoms with Crippen molar-refractivity contribution in [2.75, 3.05) is 0 Å². The maximum atomic E-state index is 11.2. The van der Waals surface area contributed by atoms with Gasteiger partial charge in [0.2, 0.25) is 0 Å². The summed E-state index contributed by atoms with van der Waals surface area (Å²) in [4.78, 5) is 11.2. The van der Waals surface area contributed by atoms with E-state index in [1.165, 1.54) is 17.6 Å². The van der Waals surface area contributed by atoms with E-state index in [1.807, 2.05) is 12.1 Å². The molecule has 1 fully saturated rings. The van der Waals surface area contributed by atoms with Crippen molar-refractivity contribution < 1.29 is 4.79 Å². The molecule has 2 atom stereocenters. The van der Waals surface area contributed by atoms with Gasteiger partial charge in [0.25, 0.3) is 0 Å². The maximum absolute atomic E-state index is 11.2. The lowest BCUT2D eigenvalue weighted by Crippen LogP contribution is -1.96. The predicted octanol–water partition coefficient (Wildman–Crippen LogP) is 2.57. The van der Waals surface area contributed by atoms with Crippen LogP contribution >= 0.6 is 0 Å². The van der Waals surface area contributed by atoms with Crippen molar-refractivity contribution >= 4 is 17.2 Å². The van der Waals surface area contributed by atoms with Crippen LogP contribution in [-0.4, -0.2) is 10.9 Å². The van der Waals surface area contributed by atoms with E-state index in [1.54, 1.807) is 0 Å². The van der Waals surface area contributed by atoms with Gasteiger partial charge in [-0.25, -0.2) is 0 Å². The molecular weight excluding hydrogens is 186 g/mol. The molecule has 1 aliphatic carbocycles. The molecule has 2 heterocycles. The van der Waals surface area contributed by atoms with Crippen molar-refractivity contribution in [3.63, 3.8) is 0 Å². The molecule has 15 heavy (non-hydrogen) atoms. The minimum Gasteiger partial charge on any atom is -0.343 e. The first-order valence-electron chi connectivity index (χ1n) is 5.46. The van der Waals surface area contributed by atoms with Crippen LogP contribution in [0.15, 0.2) is 24.3 Å². The monoisotopic (exact) mass is 197 g/mol. The lowest BCUT2D eigenvalue weighted by Gasteiger charge is -2.02. The van der Waals surface area contributed by atoms with Crippen LogP contribution in [0.2, 0.25) is 0 Å². The Morgan fingerprint density at radius 3 is 3.07 bits per heavy atom. The molecule has 1 aromatic heterocycles. The van der Waals surface area contributed by atoms with Gasteiger partial charge in [0.05, 0.1) is 0 Å². The summed E-state index contributed by atoms with van der Waals surface area (Å²) in [5.74, 6) is 1.50. The highest BCUT2D eigenvalue weighted by Crippen LogP contribution is 2.56. The van der Waals surface area contributed by atoms with E-state index in [0.717, 1.165) is 29.7 Å². The molecule has 1 aliphatic heterocycles. The standard InChI is InChI=1S/C13H11NO/c15-7-11-9-3-1-2-4-12(9)14-6-8-5-10(8)13(11)14/h1-4,7-8,10H,5-6H2. The van der Waals surface area contributed by atoms with Gasteiger partial charge in [-0.05, 0) is 18.4 Å². The Labute approximate surface area is 87.5 Å². The molecule has 0 amide bonds. The second kappa shape index (κ2) is 2.32. The smallest absolute Gasteiger partial charge is 0.152 e. The molecule has 2 aliphatic rings. The van der Waals surface area contributed by atoms with Gasteiger partial charge in [0.15, 0.2) is 6.29 Å². The topological polar surface area (TPSA) is 22.0 Å². The Kier molecular flexibility index (Phi) is 1.19. The van der Waals surface area contributed by atoms with E-state index in [0.29, 0.717) is 5.92 Å². The van der Waals surface area contributed by atoms with Crippen molar-refractivity contribution in [1.82, 2.24) is 4.57 Å².